The van der Waals surface area contributed by atoms with Crippen molar-refractivity contribution in [3.05, 3.63) is 52.5 Å². The molecule has 0 atom stereocenters. The van der Waals surface area contributed by atoms with Crippen LogP contribution < -0.4 is 0 Å². The van der Waals surface area contributed by atoms with Gasteiger partial charge in [-0.1, -0.05) is 0 Å². The lowest BCUT2D eigenvalue weighted by atomic mass is 10.1. The largest absolute Gasteiger partial charge is 0.464 e. The average Bonchev–Trinajstić information content (AvgIpc) is 2.78. The van der Waals surface area contributed by atoms with Crippen LogP contribution in [0.4, 0.5) is 14.9 Å². The molecular formula is C11H7FN2O4. The highest BCUT2D eigenvalue weighted by Gasteiger charge is 2.16. The molecule has 92 valence electrons. The Morgan fingerprint density at radius 3 is 2.72 bits per heavy atom. The van der Waals surface area contributed by atoms with E-state index in [-0.39, 0.29) is 16.9 Å². The Morgan fingerprint density at radius 1 is 1.39 bits per heavy atom. The topological polar surface area (TPSA) is 85.4 Å². The van der Waals surface area contributed by atoms with Crippen molar-refractivity contribution in [2.24, 2.45) is 0 Å². The maximum absolute atomic E-state index is 13.6. The van der Waals surface area contributed by atoms with Crippen LogP contribution in [0.5, 0.6) is 0 Å². The van der Waals surface area contributed by atoms with Crippen LogP contribution in [-0.4, -0.2) is 20.7 Å². The number of carboxylic acid groups (broad SMARTS) is 1. The Kier molecular flexibility index (Phi) is 2.80. The van der Waals surface area contributed by atoms with E-state index < -0.39 is 16.8 Å². The number of nitro groups is 1. The molecule has 0 bridgehead atoms. The number of aromatic nitrogens is 1. The van der Waals surface area contributed by atoms with Gasteiger partial charge in [0, 0.05) is 23.9 Å². The van der Waals surface area contributed by atoms with Crippen LogP contribution in [0.25, 0.3) is 11.3 Å². The van der Waals surface area contributed by atoms with E-state index in [1.165, 1.54) is 18.3 Å². The minimum Gasteiger partial charge on any atom is -0.464 e. The zero-order valence-corrected chi connectivity index (χ0v) is 8.91. The normalized spacial score (nSPS) is 10.3. The number of hydrogen-bond donors (Lipinski definition) is 1. The molecule has 0 aliphatic heterocycles. The zero-order valence-electron chi connectivity index (χ0n) is 8.91. The summed E-state index contributed by atoms with van der Waals surface area (Å²) >= 11 is 0. The first-order valence-electron chi connectivity index (χ1n) is 4.85. The van der Waals surface area contributed by atoms with Gasteiger partial charge >= 0.3 is 6.09 Å². The smallest absolute Gasteiger partial charge is 0.416 e. The highest BCUT2D eigenvalue weighted by atomic mass is 19.1. The van der Waals surface area contributed by atoms with Crippen molar-refractivity contribution in [2.45, 2.75) is 0 Å². The molecule has 0 radical (unpaired) electrons. The molecule has 0 fully saturated rings. The van der Waals surface area contributed by atoms with Crippen LogP contribution in [0, 0.1) is 15.9 Å². The Hall–Kier alpha value is -2.70. The Labute approximate surface area is 100 Å². The van der Waals surface area contributed by atoms with Crippen molar-refractivity contribution in [1.29, 1.82) is 0 Å². The van der Waals surface area contributed by atoms with Crippen molar-refractivity contribution in [2.75, 3.05) is 0 Å². The number of non-ortho nitro benzene ring substituents is 1. The van der Waals surface area contributed by atoms with Gasteiger partial charge in [0.1, 0.15) is 5.82 Å². The highest BCUT2D eigenvalue weighted by molar-refractivity contribution is 5.77. The van der Waals surface area contributed by atoms with Gasteiger partial charge in [-0.15, -0.1) is 0 Å². The third-order valence-corrected chi connectivity index (χ3v) is 2.39. The van der Waals surface area contributed by atoms with Crippen molar-refractivity contribution in [3.63, 3.8) is 0 Å². The van der Waals surface area contributed by atoms with Crippen LogP contribution in [-0.2, 0) is 0 Å². The minimum atomic E-state index is -1.29. The molecule has 1 aromatic carbocycles. The molecule has 0 aliphatic carbocycles. The molecule has 0 unspecified atom stereocenters. The monoisotopic (exact) mass is 250 g/mol. The quantitative estimate of drug-likeness (QED) is 0.655. The van der Waals surface area contributed by atoms with Gasteiger partial charge in [0.2, 0.25) is 0 Å². The number of nitrogens with zero attached hydrogens (tertiary/aromatic N) is 2. The van der Waals surface area contributed by atoms with Crippen LogP contribution in [0.15, 0.2) is 36.5 Å². The molecule has 18 heavy (non-hydrogen) atoms. The van der Waals surface area contributed by atoms with Crippen LogP contribution in [0.3, 0.4) is 0 Å². The highest BCUT2D eigenvalue weighted by Crippen LogP contribution is 2.27. The van der Waals surface area contributed by atoms with Crippen molar-refractivity contribution in [1.82, 2.24) is 4.57 Å². The molecule has 2 aromatic rings. The van der Waals surface area contributed by atoms with E-state index in [9.17, 15) is 19.3 Å². The molecule has 0 spiro atoms. The van der Waals surface area contributed by atoms with Crippen molar-refractivity contribution >= 4 is 11.8 Å². The summed E-state index contributed by atoms with van der Waals surface area (Å²) in [6.07, 6.45) is -0.0587. The molecule has 0 amide bonds. The molecule has 6 nitrogen and oxygen atoms in total. The van der Waals surface area contributed by atoms with E-state index in [1.54, 1.807) is 0 Å². The van der Waals surface area contributed by atoms with E-state index in [2.05, 4.69) is 0 Å². The summed E-state index contributed by atoms with van der Waals surface area (Å²) in [7, 11) is 0. The molecule has 1 heterocycles. The van der Waals surface area contributed by atoms with Gasteiger partial charge in [-0.2, -0.15) is 0 Å². The fraction of sp³-hybridized carbons (Fsp3) is 0. The maximum atomic E-state index is 13.6. The fourth-order valence-corrected chi connectivity index (χ4v) is 1.59. The lowest BCUT2D eigenvalue weighted by Gasteiger charge is -2.05. The van der Waals surface area contributed by atoms with Gasteiger partial charge in [0.05, 0.1) is 10.6 Å². The van der Waals surface area contributed by atoms with E-state index in [1.807, 2.05) is 0 Å². The predicted octanol–water partition coefficient (Wildman–Crippen LogP) is 2.73. The predicted molar refractivity (Wildman–Crippen MR) is 59.9 cm³/mol. The van der Waals surface area contributed by atoms with Gasteiger partial charge in [-0.25, -0.2) is 9.18 Å². The Balaban J connectivity index is 2.63. The first-order chi connectivity index (χ1) is 8.50. The van der Waals surface area contributed by atoms with Crippen molar-refractivity contribution in [3.8, 4) is 11.3 Å². The lowest BCUT2D eigenvalue weighted by Crippen LogP contribution is -2.08. The summed E-state index contributed by atoms with van der Waals surface area (Å²) in [5.41, 5.74) is -0.384. The molecule has 2 rings (SSSR count). The summed E-state index contributed by atoms with van der Waals surface area (Å²) in [6.45, 7) is 0. The third-order valence-electron chi connectivity index (χ3n) is 2.39. The van der Waals surface area contributed by atoms with E-state index in [0.717, 1.165) is 22.8 Å². The number of rotatable bonds is 2. The van der Waals surface area contributed by atoms with Crippen LogP contribution in [0.2, 0.25) is 0 Å². The maximum Gasteiger partial charge on any atom is 0.416 e. The Bertz CT molecular complexity index is 636. The first-order valence-corrected chi connectivity index (χ1v) is 4.85. The molecule has 1 N–H and O–H groups in total. The van der Waals surface area contributed by atoms with Gasteiger partial charge in [0.15, 0.2) is 0 Å². The summed E-state index contributed by atoms with van der Waals surface area (Å²) in [4.78, 5) is 20.8. The fourth-order valence-electron chi connectivity index (χ4n) is 1.59. The van der Waals surface area contributed by atoms with Gasteiger partial charge in [-0.05, 0) is 18.2 Å². The summed E-state index contributed by atoms with van der Waals surface area (Å²) < 4.78 is 14.4. The second kappa shape index (κ2) is 4.28. The molecule has 1 aromatic heterocycles. The van der Waals surface area contributed by atoms with Gasteiger partial charge in [-0.3, -0.25) is 14.7 Å². The standard InChI is InChI=1S/C11H7FN2O4/c12-9-4-3-7(14(17)18)6-8(9)10-2-1-5-13(10)11(15)16/h1-6H,(H,15,16). The third kappa shape index (κ3) is 1.93. The van der Waals surface area contributed by atoms with Crippen molar-refractivity contribution < 1.29 is 19.2 Å². The molecule has 0 aliphatic rings. The summed E-state index contributed by atoms with van der Waals surface area (Å²) in [5, 5.41) is 19.5. The second-order valence-electron chi connectivity index (χ2n) is 3.47. The molecular weight excluding hydrogens is 243 g/mol. The average molecular weight is 250 g/mol. The van der Waals surface area contributed by atoms with E-state index >= 15 is 0 Å². The molecule has 0 saturated heterocycles. The molecule has 7 heteroatoms. The van der Waals surface area contributed by atoms with Crippen LogP contribution >= 0.6 is 0 Å². The number of carbonyl (C=O) groups is 1. The lowest BCUT2D eigenvalue weighted by molar-refractivity contribution is -0.384. The van der Waals surface area contributed by atoms with Gasteiger partial charge < -0.3 is 5.11 Å². The summed E-state index contributed by atoms with van der Waals surface area (Å²) in [6, 6.07) is 5.75. The number of halogens is 1. The number of benzene rings is 1. The summed E-state index contributed by atoms with van der Waals surface area (Å²) in [5.74, 6) is -0.721. The SMILES string of the molecule is O=C(O)n1cccc1-c1cc([N+](=O)[O-])ccc1F. The van der Waals surface area contributed by atoms with Gasteiger partial charge in [0.25, 0.3) is 5.69 Å². The Morgan fingerprint density at radius 2 is 2.11 bits per heavy atom. The zero-order chi connectivity index (χ0) is 13.3. The second-order valence-corrected chi connectivity index (χ2v) is 3.47. The molecule has 0 saturated carbocycles. The van der Waals surface area contributed by atoms with E-state index in [4.69, 9.17) is 5.11 Å². The van der Waals surface area contributed by atoms with E-state index in [0.29, 0.717) is 0 Å². The first kappa shape index (κ1) is 11.8. The number of hydrogen-bond acceptors (Lipinski definition) is 3. The number of nitro benzene ring substituents is 1. The minimum absolute atomic E-state index is 0.0451. The van der Waals surface area contributed by atoms with Crippen LogP contribution in [0.1, 0.15) is 0 Å².